The van der Waals surface area contributed by atoms with Gasteiger partial charge in [0.15, 0.2) is 0 Å². The molecular weight excluding hydrogens is 247 g/mol. The molecule has 0 fully saturated rings. The molecule has 1 N–H and O–H groups in total. The number of nitrogens with one attached hydrogen (secondary N) is 1. The van der Waals surface area contributed by atoms with Gasteiger partial charge in [0.1, 0.15) is 5.60 Å². The fraction of sp³-hybridized carbons (Fsp3) is 0.571. The van der Waals surface area contributed by atoms with Gasteiger partial charge >= 0.3 is 6.09 Å². The summed E-state index contributed by atoms with van der Waals surface area (Å²) in [5, 5.41) is 2.68. The Kier molecular flexibility index (Phi) is 4.86. The van der Waals surface area contributed by atoms with Gasteiger partial charge in [0.2, 0.25) is 5.95 Å². The molecule has 1 amide bonds. The van der Waals surface area contributed by atoms with Crippen LogP contribution < -0.4 is 5.32 Å². The van der Waals surface area contributed by atoms with Crippen molar-refractivity contribution in [2.24, 2.45) is 0 Å². The summed E-state index contributed by atoms with van der Waals surface area (Å²) in [5.74, 6) is -0.488. The first-order chi connectivity index (χ1) is 8.69. The largest absolute Gasteiger partial charge is 0.444 e. The number of nitrogens with zero attached hydrogens (tertiary/aromatic N) is 1. The smallest absolute Gasteiger partial charge is 0.407 e. The maximum absolute atomic E-state index is 13.6. The van der Waals surface area contributed by atoms with Gasteiger partial charge in [0.25, 0.3) is 0 Å². The van der Waals surface area contributed by atoms with Crippen molar-refractivity contribution in [2.75, 3.05) is 0 Å². The molecule has 106 valence electrons. The van der Waals surface area contributed by atoms with Crippen molar-refractivity contribution in [3.05, 3.63) is 29.3 Å². The summed E-state index contributed by atoms with van der Waals surface area (Å²) in [5.41, 5.74) is 0.801. The van der Waals surface area contributed by atoms with Crippen molar-refractivity contribution in [3.63, 3.8) is 0 Å². The van der Waals surface area contributed by atoms with Crippen molar-refractivity contribution >= 4 is 6.09 Å². The quantitative estimate of drug-likeness (QED) is 0.857. The lowest BCUT2D eigenvalue weighted by atomic mass is 10.0. The summed E-state index contributed by atoms with van der Waals surface area (Å²) in [6.45, 7) is 9.00. The number of aryl methyl sites for hydroxylation is 1. The summed E-state index contributed by atoms with van der Waals surface area (Å²) >= 11 is 0. The number of amides is 1. The zero-order valence-electron chi connectivity index (χ0n) is 12.1. The van der Waals surface area contributed by atoms with E-state index >= 15 is 0 Å². The third kappa shape index (κ3) is 5.24. The van der Waals surface area contributed by atoms with E-state index in [0.29, 0.717) is 12.0 Å². The standard InChI is InChI=1S/C14H21FN2O2/c1-9-6-7-16-12(15)11(9)8-10(2)17-13(18)19-14(3,4)5/h6-7,10H,8H2,1-5H3,(H,17,18). The van der Waals surface area contributed by atoms with E-state index in [9.17, 15) is 9.18 Å². The molecule has 1 aromatic heterocycles. The minimum atomic E-state index is -0.542. The number of alkyl carbamates (subject to hydrolysis) is 1. The van der Waals surface area contributed by atoms with E-state index in [-0.39, 0.29) is 6.04 Å². The first kappa shape index (κ1) is 15.4. The second kappa shape index (κ2) is 5.99. The van der Waals surface area contributed by atoms with Gasteiger partial charge in [0.05, 0.1) is 0 Å². The highest BCUT2D eigenvalue weighted by Gasteiger charge is 2.19. The number of carbonyl (C=O) groups is 1. The summed E-state index contributed by atoms with van der Waals surface area (Å²) in [4.78, 5) is 15.2. The predicted octanol–water partition coefficient (Wildman–Crippen LogP) is 2.98. The Bertz CT molecular complexity index is 435. The van der Waals surface area contributed by atoms with E-state index in [4.69, 9.17) is 4.74 Å². The number of hydrogen-bond acceptors (Lipinski definition) is 3. The van der Waals surface area contributed by atoms with Gasteiger partial charge in [0, 0.05) is 17.8 Å². The van der Waals surface area contributed by atoms with Crippen LogP contribution >= 0.6 is 0 Å². The van der Waals surface area contributed by atoms with Gasteiger partial charge < -0.3 is 10.1 Å². The molecule has 0 aliphatic carbocycles. The molecule has 0 saturated carbocycles. The number of halogens is 1. The Morgan fingerprint density at radius 1 is 1.53 bits per heavy atom. The van der Waals surface area contributed by atoms with Gasteiger partial charge in [-0.3, -0.25) is 0 Å². The molecule has 19 heavy (non-hydrogen) atoms. The SMILES string of the molecule is Cc1ccnc(F)c1CC(C)NC(=O)OC(C)(C)C. The van der Waals surface area contributed by atoms with Crippen LogP contribution in [0.15, 0.2) is 12.3 Å². The molecule has 0 aliphatic heterocycles. The number of ether oxygens (including phenoxy) is 1. The normalized spacial score (nSPS) is 12.9. The Morgan fingerprint density at radius 3 is 2.68 bits per heavy atom. The van der Waals surface area contributed by atoms with E-state index in [2.05, 4.69) is 10.3 Å². The third-order valence-corrected chi connectivity index (χ3v) is 2.51. The molecule has 1 unspecified atom stereocenters. The van der Waals surface area contributed by atoms with Crippen LogP contribution in [0.4, 0.5) is 9.18 Å². The van der Waals surface area contributed by atoms with Crippen molar-refractivity contribution < 1.29 is 13.9 Å². The highest BCUT2D eigenvalue weighted by Crippen LogP contribution is 2.13. The van der Waals surface area contributed by atoms with E-state index < -0.39 is 17.6 Å². The van der Waals surface area contributed by atoms with Crippen LogP contribution in [0, 0.1) is 12.9 Å². The average molecular weight is 268 g/mol. The molecule has 1 aromatic rings. The molecule has 4 nitrogen and oxygen atoms in total. The molecule has 0 saturated heterocycles. The van der Waals surface area contributed by atoms with Crippen LogP contribution in [0.3, 0.4) is 0 Å². The van der Waals surface area contributed by atoms with Crippen LogP contribution in [0.2, 0.25) is 0 Å². The fourth-order valence-corrected chi connectivity index (χ4v) is 1.67. The molecule has 0 aliphatic rings. The van der Waals surface area contributed by atoms with Crippen molar-refractivity contribution in [3.8, 4) is 0 Å². The summed E-state index contributed by atoms with van der Waals surface area (Å²) in [6, 6.07) is 1.52. The van der Waals surface area contributed by atoms with Crippen molar-refractivity contribution in [2.45, 2.75) is 52.7 Å². The lowest BCUT2D eigenvalue weighted by Crippen LogP contribution is -2.38. The number of pyridine rings is 1. The monoisotopic (exact) mass is 268 g/mol. The highest BCUT2D eigenvalue weighted by molar-refractivity contribution is 5.68. The maximum Gasteiger partial charge on any atom is 0.407 e. The lowest BCUT2D eigenvalue weighted by molar-refractivity contribution is 0.0508. The first-order valence-corrected chi connectivity index (χ1v) is 6.28. The zero-order valence-corrected chi connectivity index (χ0v) is 12.1. The van der Waals surface area contributed by atoms with Crippen LogP contribution in [0.25, 0.3) is 0 Å². The highest BCUT2D eigenvalue weighted by atomic mass is 19.1. The van der Waals surface area contributed by atoms with Gasteiger partial charge in [-0.05, 0) is 52.7 Å². The lowest BCUT2D eigenvalue weighted by Gasteiger charge is -2.22. The van der Waals surface area contributed by atoms with E-state index in [0.717, 1.165) is 5.56 Å². The first-order valence-electron chi connectivity index (χ1n) is 6.28. The maximum atomic E-state index is 13.6. The molecule has 0 bridgehead atoms. The fourth-order valence-electron chi connectivity index (χ4n) is 1.67. The zero-order chi connectivity index (χ0) is 14.6. The van der Waals surface area contributed by atoms with Gasteiger partial charge in [-0.25, -0.2) is 9.78 Å². The van der Waals surface area contributed by atoms with Crippen molar-refractivity contribution in [1.82, 2.24) is 10.3 Å². The molecule has 0 spiro atoms. The Morgan fingerprint density at radius 2 is 2.16 bits per heavy atom. The second-order valence-electron chi connectivity index (χ2n) is 5.65. The van der Waals surface area contributed by atoms with Crippen LogP contribution in [0.5, 0.6) is 0 Å². The minimum absolute atomic E-state index is 0.229. The summed E-state index contributed by atoms with van der Waals surface area (Å²) < 4.78 is 18.7. The second-order valence-corrected chi connectivity index (χ2v) is 5.65. The molecule has 1 rings (SSSR count). The summed E-state index contributed by atoms with van der Waals surface area (Å²) in [7, 11) is 0. The van der Waals surface area contributed by atoms with E-state index in [1.165, 1.54) is 6.20 Å². The molecule has 1 atom stereocenters. The van der Waals surface area contributed by atoms with Gasteiger partial charge in [-0.15, -0.1) is 0 Å². The van der Waals surface area contributed by atoms with Crippen molar-refractivity contribution in [1.29, 1.82) is 0 Å². The molecule has 0 aromatic carbocycles. The predicted molar refractivity (Wildman–Crippen MR) is 71.5 cm³/mol. The van der Waals surface area contributed by atoms with E-state index in [1.54, 1.807) is 33.8 Å². The minimum Gasteiger partial charge on any atom is -0.444 e. The number of aromatic nitrogens is 1. The number of rotatable bonds is 3. The van der Waals surface area contributed by atoms with Crippen LogP contribution in [0.1, 0.15) is 38.8 Å². The Labute approximate surface area is 113 Å². The van der Waals surface area contributed by atoms with Gasteiger partial charge in [-0.2, -0.15) is 4.39 Å². The molecule has 0 radical (unpaired) electrons. The Balaban J connectivity index is 2.61. The Hall–Kier alpha value is -1.65. The van der Waals surface area contributed by atoms with Gasteiger partial charge in [-0.1, -0.05) is 0 Å². The number of carbonyl (C=O) groups excluding carboxylic acids is 1. The summed E-state index contributed by atoms with van der Waals surface area (Å²) in [6.07, 6.45) is 1.31. The molecule has 5 heteroatoms. The molecular formula is C14H21FN2O2. The van der Waals surface area contributed by atoms with Crippen LogP contribution in [-0.4, -0.2) is 22.7 Å². The third-order valence-electron chi connectivity index (χ3n) is 2.51. The molecule has 1 heterocycles. The van der Waals surface area contributed by atoms with Crippen LogP contribution in [-0.2, 0) is 11.2 Å². The average Bonchev–Trinajstić information content (AvgIpc) is 2.20. The van der Waals surface area contributed by atoms with E-state index in [1.807, 2.05) is 6.92 Å². The number of hydrogen-bond donors (Lipinski definition) is 1. The topological polar surface area (TPSA) is 51.2 Å².